The van der Waals surface area contributed by atoms with Gasteiger partial charge >= 0.3 is 12.0 Å². The molecule has 1 aliphatic heterocycles. The zero-order chi connectivity index (χ0) is 18.1. The lowest BCUT2D eigenvalue weighted by Crippen LogP contribution is -2.46. The van der Waals surface area contributed by atoms with E-state index < -0.39 is 12.0 Å². The van der Waals surface area contributed by atoms with Gasteiger partial charge in [-0.25, -0.2) is 9.59 Å². The van der Waals surface area contributed by atoms with Gasteiger partial charge in [0, 0.05) is 10.2 Å². The number of rotatable bonds is 3. The van der Waals surface area contributed by atoms with Crippen LogP contribution < -0.4 is 10.6 Å². The van der Waals surface area contributed by atoms with Crippen molar-refractivity contribution in [3.8, 4) is 0 Å². The summed E-state index contributed by atoms with van der Waals surface area (Å²) in [7, 11) is 0. The number of nitrogens with one attached hydrogen (secondary N) is 2. The third kappa shape index (κ3) is 4.17. The Bertz CT molecular complexity index is 692. The summed E-state index contributed by atoms with van der Waals surface area (Å²) in [4.78, 5) is 24.6. The highest BCUT2D eigenvalue weighted by Gasteiger charge is 2.34. The van der Waals surface area contributed by atoms with Gasteiger partial charge in [-0.1, -0.05) is 48.8 Å². The van der Waals surface area contributed by atoms with Gasteiger partial charge in [-0.05, 0) is 37.0 Å². The van der Waals surface area contributed by atoms with Crippen molar-refractivity contribution >= 4 is 27.9 Å². The van der Waals surface area contributed by atoms with Crippen LogP contribution >= 0.6 is 15.9 Å². The fourth-order valence-electron chi connectivity index (χ4n) is 2.30. The van der Waals surface area contributed by atoms with Crippen LogP contribution in [0.25, 0.3) is 0 Å². The minimum Gasteiger partial charge on any atom is -0.459 e. The second-order valence-corrected chi connectivity index (χ2v) is 7.95. The Morgan fingerprint density at radius 3 is 2.58 bits per heavy atom. The van der Waals surface area contributed by atoms with Gasteiger partial charge < -0.3 is 15.4 Å². The monoisotopic (exact) mass is 394 g/mol. The first-order chi connectivity index (χ1) is 11.1. The van der Waals surface area contributed by atoms with Crippen LogP contribution in [0.15, 0.2) is 40.0 Å². The van der Waals surface area contributed by atoms with Gasteiger partial charge in [0.05, 0.1) is 11.6 Å². The summed E-state index contributed by atoms with van der Waals surface area (Å²) in [5, 5.41) is 5.46. The molecule has 5 nitrogen and oxygen atoms in total. The lowest BCUT2D eigenvalue weighted by molar-refractivity contribution is -0.149. The molecule has 0 aromatic heterocycles. The molecule has 0 spiro atoms. The average Bonchev–Trinajstić information content (AvgIpc) is 2.45. The average molecular weight is 395 g/mol. The van der Waals surface area contributed by atoms with Crippen LogP contribution in [0.5, 0.6) is 0 Å². The largest absolute Gasteiger partial charge is 0.459 e. The van der Waals surface area contributed by atoms with E-state index >= 15 is 0 Å². The maximum Gasteiger partial charge on any atom is 0.338 e. The Kier molecular flexibility index (Phi) is 5.38. The summed E-state index contributed by atoms with van der Waals surface area (Å²) in [5.41, 5.74) is 1.58. The maximum atomic E-state index is 12.8. The molecular weight excluding hydrogens is 372 g/mol. The van der Waals surface area contributed by atoms with E-state index in [9.17, 15) is 9.59 Å². The highest BCUT2D eigenvalue weighted by molar-refractivity contribution is 9.10. The van der Waals surface area contributed by atoms with E-state index in [0.717, 1.165) is 10.0 Å². The molecule has 2 amide bonds. The van der Waals surface area contributed by atoms with Gasteiger partial charge in [-0.3, -0.25) is 0 Å². The molecule has 1 aromatic carbocycles. The van der Waals surface area contributed by atoms with E-state index in [1.807, 2.05) is 52.0 Å². The van der Waals surface area contributed by atoms with Crippen molar-refractivity contribution in [2.75, 3.05) is 0 Å². The normalized spacial score (nSPS) is 19.4. The van der Waals surface area contributed by atoms with Gasteiger partial charge in [-0.2, -0.15) is 0 Å². The number of allylic oxidation sites excluding steroid dienone is 1. The third-order valence-electron chi connectivity index (χ3n) is 4.17. The Labute approximate surface area is 151 Å². The Morgan fingerprint density at radius 2 is 2.00 bits per heavy atom. The number of carbonyl (C=O) groups is 2. The van der Waals surface area contributed by atoms with Crippen molar-refractivity contribution in [3.05, 3.63) is 45.6 Å². The summed E-state index contributed by atoms with van der Waals surface area (Å²) < 4.78 is 6.52. The van der Waals surface area contributed by atoms with Gasteiger partial charge in [-0.15, -0.1) is 0 Å². The third-order valence-corrected chi connectivity index (χ3v) is 4.67. The van der Waals surface area contributed by atoms with Gasteiger partial charge in [0.15, 0.2) is 0 Å². The predicted molar refractivity (Wildman–Crippen MR) is 96.3 cm³/mol. The summed E-state index contributed by atoms with van der Waals surface area (Å²) in [5.74, 6) is -0.424. The summed E-state index contributed by atoms with van der Waals surface area (Å²) in [6.45, 7) is 9.62. The molecule has 130 valence electrons. The van der Waals surface area contributed by atoms with Crippen molar-refractivity contribution in [2.45, 2.75) is 46.8 Å². The molecule has 24 heavy (non-hydrogen) atoms. The predicted octanol–water partition coefficient (Wildman–Crippen LogP) is 4.05. The first-order valence-corrected chi connectivity index (χ1v) is 8.63. The minimum atomic E-state index is -0.545. The topological polar surface area (TPSA) is 67.4 Å². The van der Waals surface area contributed by atoms with E-state index in [-0.39, 0.29) is 17.6 Å². The van der Waals surface area contributed by atoms with Crippen molar-refractivity contribution in [2.24, 2.45) is 5.41 Å². The second-order valence-electron chi connectivity index (χ2n) is 7.04. The molecule has 1 aromatic rings. The molecule has 0 bridgehead atoms. The van der Waals surface area contributed by atoms with Crippen LogP contribution in [0, 0.1) is 5.41 Å². The molecule has 0 saturated heterocycles. The van der Waals surface area contributed by atoms with Gasteiger partial charge in [0.25, 0.3) is 0 Å². The van der Waals surface area contributed by atoms with E-state index in [1.54, 1.807) is 6.92 Å². The van der Waals surface area contributed by atoms with Crippen LogP contribution in [0.2, 0.25) is 0 Å². The second kappa shape index (κ2) is 6.97. The maximum absolute atomic E-state index is 12.8. The van der Waals surface area contributed by atoms with E-state index in [2.05, 4.69) is 26.6 Å². The minimum absolute atomic E-state index is 0.166. The molecule has 0 saturated carbocycles. The van der Waals surface area contributed by atoms with Crippen LogP contribution in [0.1, 0.15) is 46.2 Å². The Hall–Kier alpha value is -1.82. The fraction of sp³-hybridized carbons (Fsp3) is 0.444. The van der Waals surface area contributed by atoms with Crippen molar-refractivity contribution in [3.63, 3.8) is 0 Å². The number of urea groups is 1. The molecule has 2 atom stereocenters. The highest BCUT2D eigenvalue weighted by atomic mass is 79.9. The highest BCUT2D eigenvalue weighted by Crippen LogP contribution is 2.31. The van der Waals surface area contributed by atoms with Crippen LogP contribution in [0.3, 0.4) is 0 Å². The van der Waals surface area contributed by atoms with Crippen molar-refractivity contribution in [1.29, 1.82) is 0 Å². The van der Waals surface area contributed by atoms with Crippen molar-refractivity contribution in [1.82, 2.24) is 10.6 Å². The lowest BCUT2D eigenvalue weighted by Gasteiger charge is -2.31. The zero-order valence-electron chi connectivity index (χ0n) is 14.6. The molecular formula is C18H23BrN2O3. The molecule has 1 aliphatic rings. The Morgan fingerprint density at radius 1 is 1.33 bits per heavy atom. The van der Waals surface area contributed by atoms with Crippen LogP contribution in [-0.2, 0) is 9.53 Å². The molecule has 0 unspecified atom stereocenters. The number of esters is 1. The number of hydrogen-bond donors (Lipinski definition) is 2. The lowest BCUT2D eigenvalue weighted by atomic mass is 9.90. The van der Waals surface area contributed by atoms with Crippen LogP contribution in [-0.4, -0.2) is 18.1 Å². The molecule has 0 radical (unpaired) electrons. The molecule has 1 heterocycles. The quantitative estimate of drug-likeness (QED) is 0.759. The summed E-state index contributed by atoms with van der Waals surface area (Å²) >= 11 is 3.42. The Balaban J connectivity index is 2.37. The number of ether oxygens (including phenoxy) is 1. The molecule has 6 heteroatoms. The van der Waals surface area contributed by atoms with Crippen LogP contribution in [0.4, 0.5) is 4.79 Å². The first-order valence-electron chi connectivity index (χ1n) is 7.84. The molecule has 2 rings (SSSR count). The summed E-state index contributed by atoms with van der Waals surface area (Å²) in [6, 6.07) is 6.62. The van der Waals surface area contributed by atoms with E-state index in [1.165, 1.54) is 0 Å². The number of halogens is 1. The molecule has 2 N–H and O–H groups in total. The zero-order valence-corrected chi connectivity index (χ0v) is 16.2. The number of carbonyl (C=O) groups excluding carboxylic acids is 2. The van der Waals surface area contributed by atoms with Crippen molar-refractivity contribution < 1.29 is 14.3 Å². The molecule has 0 aliphatic carbocycles. The van der Waals surface area contributed by atoms with Gasteiger partial charge in [0.2, 0.25) is 0 Å². The number of amides is 2. The fourth-order valence-corrected chi connectivity index (χ4v) is 2.72. The first kappa shape index (κ1) is 18.5. The summed E-state index contributed by atoms with van der Waals surface area (Å²) in [6.07, 6.45) is -0.258. The molecule has 0 fully saturated rings. The van der Waals surface area contributed by atoms with E-state index in [4.69, 9.17) is 4.74 Å². The standard InChI is InChI=1S/C18H23BrN2O3/c1-10-14(16(22)24-11(2)18(3,4)5)15(21-17(23)20-10)12-7-6-8-13(19)9-12/h6-9,11,15H,1-5H3,(H2,20,21,23)/t11-,15+/m0/s1. The van der Waals surface area contributed by atoms with Gasteiger partial charge in [0.1, 0.15) is 6.10 Å². The SMILES string of the molecule is CC1=C(C(=O)O[C@@H](C)C(C)(C)C)[C@@H](c2cccc(Br)c2)NC(=O)N1. The number of benzene rings is 1. The smallest absolute Gasteiger partial charge is 0.338 e. The van der Waals surface area contributed by atoms with E-state index in [0.29, 0.717) is 11.3 Å². The number of hydrogen-bond acceptors (Lipinski definition) is 3.